The molecule has 0 heterocycles. The average Bonchev–Trinajstić information content (AvgIpc) is 2.33. The SMILES string of the molecule is CCOC(=O)CCC(C)NC(=O)N(C)CCC(=O)O. The molecule has 0 aliphatic heterocycles. The number of hydrogen-bond acceptors (Lipinski definition) is 4. The molecule has 19 heavy (non-hydrogen) atoms. The average molecular weight is 274 g/mol. The Hall–Kier alpha value is -1.79. The minimum atomic E-state index is -0.949. The zero-order chi connectivity index (χ0) is 14.8. The van der Waals surface area contributed by atoms with Crippen LogP contribution in [-0.2, 0) is 14.3 Å². The third-order valence-corrected chi connectivity index (χ3v) is 2.46. The van der Waals surface area contributed by atoms with Gasteiger partial charge in [-0.3, -0.25) is 9.59 Å². The molecule has 2 amide bonds. The number of carbonyl (C=O) groups is 3. The van der Waals surface area contributed by atoms with Crippen molar-refractivity contribution in [3.63, 3.8) is 0 Å². The number of urea groups is 1. The summed E-state index contributed by atoms with van der Waals surface area (Å²) in [7, 11) is 1.52. The Morgan fingerprint density at radius 3 is 2.47 bits per heavy atom. The summed E-state index contributed by atoms with van der Waals surface area (Å²) >= 11 is 0. The molecule has 0 bridgehead atoms. The topological polar surface area (TPSA) is 95.9 Å². The van der Waals surface area contributed by atoms with Gasteiger partial charge in [0.15, 0.2) is 0 Å². The van der Waals surface area contributed by atoms with Crippen LogP contribution in [0.15, 0.2) is 0 Å². The van der Waals surface area contributed by atoms with Crippen LogP contribution in [0.25, 0.3) is 0 Å². The largest absolute Gasteiger partial charge is 0.481 e. The van der Waals surface area contributed by atoms with Crippen molar-refractivity contribution in [2.75, 3.05) is 20.2 Å². The fourth-order valence-electron chi connectivity index (χ4n) is 1.33. The molecule has 2 N–H and O–H groups in total. The molecule has 0 fully saturated rings. The number of amides is 2. The molecule has 0 saturated heterocycles. The van der Waals surface area contributed by atoms with Crippen LogP contribution in [0.2, 0.25) is 0 Å². The van der Waals surface area contributed by atoms with Crippen molar-refractivity contribution < 1.29 is 24.2 Å². The van der Waals surface area contributed by atoms with E-state index in [1.54, 1.807) is 13.8 Å². The molecule has 0 aliphatic carbocycles. The smallest absolute Gasteiger partial charge is 0.317 e. The molecule has 0 aromatic carbocycles. The Balaban J connectivity index is 3.91. The lowest BCUT2D eigenvalue weighted by Gasteiger charge is -2.20. The molecule has 1 atom stereocenters. The molecule has 0 aliphatic rings. The van der Waals surface area contributed by atoms with Crippen molar-refractivity contribution in [1.82, 2.24) is 10.2 Å². The molecule has 0 spiro atoms. The Morgan fingerprint density at radius 2 is 1.95 bits per heavy atom. The van der Waals surface area contributed by atoms with Crippen molar-refractivity contribution >= 4 is 18.0 Å². The minimum Gasteiger partial charge on any atom is -0.481 e. The van der Waals surface area contributed by atoms with E-state index in [0.717, 1.165) is 0 Å². The van der Waals surface area contributed by atoms with Crippen LogP contribution in [0.3, 0.4) is 0 Å². The highest BCUT2D eigenvalue weighted by Gasteiger charge is 2.14. The number of carbonyl (C=O) groups excluding carboxylic acids is 2. The van der Waals surface area contributed by atoms with Gasteiger partial charge >= 0.3 is 18.0 Å². The van der Waals surface area contributed by atoms with Gasteiger partial charge in [0.1, 0.15) is 0 Å². The molecule has 1 unspecified atom stereocenters. The van der Waals surface area contributed by atoms with Crippen LogP contribution >= 0.6 is 0 Å². The van der Waals surface area contributed by atoms with Gasteiger partial charge in [0.05, 0.1) is 13.0 Å². The van der Waals surface area contributed by atoms with Gasteiger partial charge < -0.3 is 20.1 Å². The second-order valence-electron chi connectivity index (χ2n) is 4.26. The van der Waals surface area contributed by atoms with E-state index in [1.807, 2.05) is 0 Å². The van der Waals surface area contributed by atoms with Gasteiger partial charge in [-0.2, -0.15) is 0 Å². The predicted octanol–water partition coefficient (Wildman–Crippen LogP) is 0.834. The minimum absolute atomic E-state index is 0.0961. The second kappa shape index (κ2) is 9.18. The van der Waals surface area contributed by atoms with Gasteiger partial charge in [-0.1, -0.05) is 0 Å². The summed E-state index contributed by atoms with van der Waals surface area (Å²) < 4.78 is 4.78. The number of ether oxygens (including phenoxy) is 1. The van der Waals surface area contributed by atoms with Crippen molar-refractivity contribution in [1.29, 1.82) is 0 Å². The van der Waals surface area contributed by atoms with Gasteiger partial charge in [-0.15, -0.1) is 0 Å². The van der Waals surface area contributed by atoms with Gasteiger partial charge in [0, 0.05) is 26.1 Å². The van der Waals surface area contributed by atoms with E-state index >= 15 is 0 Å². The Bertz CT molecular complexity index is 319. The first-order chi connectivity index (χ1) is 8.86. The summed E-state index contributed by atoms with van der Waals surface area (Å²) in [5.74, 6) is -1.24. The highest BCUT2D eigenvalue weighted by atomic mass is 16.5. The lowest BCUT2D eigenvalue weighted by Crippen LogP contribution is -2.42. The first-order valence-electron chi connectivity index (χ1n) is 6.25. The zero-order valence-electron chi connectivity index (χ0n) is 11.6. The third-order valence-electron chi connectivity index (χ3n) is 2.46. The molecular weight excluding hydrogens is 252 g/mol. The van der Waals surface area contributed by atoms with Gasteiger partial charge in [0.2, 0.25) is 0 Å². The van der Waals surface area contributed by atoms with Crippen LogP contribution in [0.5, 0.6) is 0 Å². The highest BCUT2D eigenvalue weighted by Crippen LogP contribution is 2.00. The number of carboxylic acid groups (broad SMARTS) is 1. The van der Waals surface area contributed by atoms with Gasteiger partial charge in [-0.25, -0.2) is 4.79 Å². The normalized spacial score (nSPS) is 11.5. The Morgan fingerprint density at radius 1 is 1.32 bits per heavy atom. The fourth-order valence-corrected chi connectivity index (χ4v) is 1.33. The first kappa shape index (κ1) is 17.2. The maximum atomic E-state index is 11.6. The molecule has 0 aromatic rings. The fraction of sp³-hybridized carbons (Fsp3) is 0.750. The summed E-state index contributed by atoms with van der Waals surface area (Å²) in [4.78, 5) is 34.5. The number of nitrogens with zero attached hydrogens (tertiary/aromatic N) is 1. The molecule has 0 saturated carbocycles. The number of hydrogen-bond donors (Lipinski definition) is 2. The van der Waals surface area contributed by atoms with Crippen LogP contribution in [0.4, 0.5) is 4.79 Å². The van der Waals surface area contributed by atoms with Crippen LogP contribution in [0.1, 0.15) is 33.1 Å². The molecule has 0 radical (unpaired) electrons. The Labute approximate surface area is 112 Å². The first-order valence-corrected chi connectivity index (χ1v) is 6.25. The number of nitrogens with one attached hydrogen (secondary N) is 1. The van der Waals surface area contributed by atoms with E-state index < -0.39 is 5.97 Å². The lowest BCUT2D eigenvalue weighted by molar-refractivity contribution is -0.143. The summed E-state index contributed by atoms with van der Waals surface area (Å²) in [6.07, 6.45) is 0.632. The monoisotopic (exact) mass is 274 g/mol. The van der Waals surface area contributed by atoms with E-state index in [4.69, 9.17) is 9.84 Å². The number of esters is 1. The lowest BCUT2D eigenvalue weighted by atomic mass is 10.2. The summed E-state index contributed by atoms with van der Waals surface area (Å²) in [6.45, 7) is 4.01. The second-order valence-corrected chi connectivity index (χ2v) is 4.26. The maximum absolute atomic E-state index is 11.6. The van der Waals surface area contributed by atoms with Gasteiger partial charge in [-0.05, 0) is 20.3 Å². The van der Waals surface area contributed by atoms with Gasteiger partial charge in [0.25, 0.3) is 0 Å². The summed E-state index contributed by atoms with van der Waals surface area (Å²) in [5, 5.41) is 11.2. The molecule has 7 nitrogen and oxygen atoms in total. The number of carboxylic acids is 1. The summed E-state index contributed by atoms with van der Waals surface area (Å²) in [6, 6.07) is -0.526. The van der Waals surface area contributed by atoms with E-state index in [1.165, 1.54) is 11.9 Å². The third kappa shape index (κ3) is 8.87. The zero-order valence-corrected chi connectivity index (χ0v) is 11.6. The number of aliphatic carboxylic acids is 1. The van der Waals surface area contributed by atoms with Crippen LogP contribution in [-0.4, -0.2) is 54.2 Å². The van der Waals surface area contributed by atoms with E-state index in [2.05, 4.69) is 5.32 Å². The highest BCUT2D eigenvalue weighted by molar-refractivity contribution is 5.75. The quantitative estimate of drug-likeness (QED) is 0.639. The molecular formula is C12H22N2O5. The number of rotatable bonds is 8. The predicted molar refractivity (Wildman–Crippen MR) is 68.7 cm³/mol. The van der Waals surface area contributed by atoms with E-state index in [-0.39, 0.29) is 37.4 Å². The molecule has 7 heteroatoms. The van der Waals surface area contributed by atoms with E-state index in [0.29, 0.717) is 13.0 Å². The Kier molecular flexibility index (Phi) is 8.32. The van der Waals surface area contributed by atoms with Crippen molar-refractivity contribution in [2.45, 2.75) is 39.2 Å². The van der Waals surface area contributed by atoms with Crippen LogP contribution < -0.4 is 5.32 Å². The van der Waals surface area contributed by atoms with Crippen LogP contribution in [0, 0.1) is 0 Å². The standard InChI is InChI=1S/C12H22N2O5/c1-4-19-11(17)6-5-9(2)13-12(18)14(3)8-7-10(15)16/h9H,4-8H2,1-3H3,(H,13,18)(H,15,16). The van der Waals surface area contributed by atoms with Crippen molar-refractivity contribution in [3.05, 3.63) is 0 Å². The van der Waals surface area contributed by atoms with E-state index in [9.17, 15) is 14.4 Å². The van der Waals surface area contributed by atoms with Crippen molar-refractivity contribution in [2.24, 2.45) is 0 Å². The maximum Gasteiger partial charge on any atom is 0.317 e. The molecule has 110 valence electrons. The molecule has 0 rings (SSSR count). The van der Waals surface area contributed by atoms with Crippen molar-refractivity contribution in [3.8, 4) is 0 Å². The molecule has 0 aromatic heterocycles. The summed E-state index contributed by atoms with van der Waals surface area (Å²) in [5.41, 5.74) is 0.